The van der Waals surface area contributed by atoms with Crippen LogP contribution in [0.3, 0.4) is 0 Å². The van der Waals surface area contributed by atoms with E-state index < -0.39 is 0 Å². The number of carbonyl (C=O) groups excluding carboxylic acids is 1. The van der Waals surface area contributed by atoms with Crippen molar-refractivity contribution in [3.63, 3.8) is 0 Å². The molecule has 0 aromatic heterocycles. The van der Waals surface area contributed by atoms with Gasteiger partial charge in [-0.2, -0.15) is 0 Å². The normalized spacial score (nSPS) is 17.4. The lowest BCUT2D eigenvalue weighted by Crippen LogP contribution is -2.42. The molecule has 0 spiro atoms. The molecule has 2 aromatic carbocycles. The molecule has 1 amide bonds. The second-order valence-electron chi connectivity index (χ2n) is 7.65. The Morgan fingerprint density at radius 2 is 2.00 bits per heavy atom. The summed E-state index contributed by atoms with van der Waals surface area (Å²) in [6.07, 6.45) is 0.682. The number of hydrogen-bond donors (Lipinski definition) is 1. The maximum Gasteiger partial charge on any atom is 0.258 e. The second kappa shape index (κ2) is 7.51. The largest absolute Gasteiger partial charge is 0.497 e. The summed E-state index contributed by atoms with van der Waals surface area (Å²) < 4.78 is 17.1. The summed E-state index contributed by atoms with van der Waals surface area (Å²) in [7, 11) is 1.62. The van der Waals surface area contributed by atoms with Crippen molar-refractivity contribution in [2.45, 2.75) is 45.8 Å². The number of hydrogen-bond acceptors (Lipinski definition) is 4. The maximum absolute atomic E-state index is 12.5. The fourth-order valence-electron chi connectivity index (χ4n) is 3.43. The summed E-state index contributed by atoms with van der Waals surface area (Å²) in [5.41, 5.74) is 2.76. The first-order chi connectivity index (χ1) is 12.8. The standard InChI is InChI=1S/C22H27NO4/c1-14-6-9-19(15(2)10-14)26-13-21(24)23-18-12-22(3,4)27-20-11-16(25-5)7-8-17(18)20/h6-11,18H,12-13H2,1-5H3,(H,23,24)/t18-/m0/s1. The van der Waals surface area contributed by atoms with Crippen LogP contribution in [0.15, 0.2) is 36.4 Å². The molecule has 1 aliphatic heterocycles. The summed E-state index contributed by atoms with van der Waals surface area (Å²) in [5.74, 6) is 2.05. The molecular formula is C22H27NO4. The quantitative estimate of drug-likeness (QED) is 0.862. The van der Waals surface area contributed by atoms with Gasteiger partial charge in [0.2, 0.25) is 0 Å². The molecule has 0 aliphatic carbocycles. The summed E-state index contributed by atoms with van der Waals surface area (Å²) in [6.45, 7) is 8.02. The van der Waals surface area contributed by atoms with Crippen molar-refractivity contribution >= 4 is 5.91 Å². The van der Waals surface area contributed by atoms with Crippen molar-refractivity contribution in [1.29, 1.82) is 0 Å². The molecule has 3 rings (SSSR count). The zero-order valence-corrected chi connectivity index (χ0v) is 16.6. The van der Waals surface area contributed by atoms with E-state index in [0.29, 0.717) is 6.42 Å². The Morgan fingerprint density at radius 3 is 2.70 bits per heavy atom. The third-order valence-electron chi connectivity index (χ3n) is 4.70. The van der Waals surface area contributed by atoms with Crippen molar-refractivity contribution in [1.82, 2.24) is 5.32 Å². The zero-order chi connectivity index (χ0) is 19.6. The number of methoxy groups -OCH3 is 1. The molecule has 0 fully saturated rings. The van der Waals surface area contributed by atoms with Gasteiger partial charge in [0, 0.05) is 18.1 Å². The minimum absolute atomic E-state index is 0.0207. The average Bonchev–Trinajstić information content (AvgIpc) is 2.59. The van der Waals surface area contributed by atoms with Gasteiger partial charge in [-0.3, -0.25) is 4.79 Å². The third-order valence-corrected chi connectivity index (χ3v) is 4.70. The molecule has 2 aromatic rings. The van der Waals surface area contributed by atoms with Gasteiger partial charge in [-0.25, -0.2) is 0 Å². The summed E-state index contributed by atoms with van der Waals surface area (Å²) >= 11 is 0. The molecule has 5 heteroatoms. The number of rotatable bonds is 5. The van der Waals surface area contributed by atoms with Gasteiger partial charge in [0.15, 0.2) is 6.61 Å². The molecule has 1 atom stereocenters. The van der Waals surface area contributed by atoms with Crippen LogP contribution in [0.1, 0.15) is 43.0 Å². The Bertz CT molecular complexity index is 844. The maximum atomic E-state index is 12.5. The van der Waals surface area contributed by atoms with Gasteiger partial charge in [0.25, 0.3) is 5.91 Å². The number of nitrogens with one attached hydrogen (secondary N) is 1. The molecule has 5 nitrogen and oxygen atoms in total. The van der Waals surface area contributed by atoms with E-state index in [1.54, 1.807) is 7.11 Å². The molecule has 0 saturated carbocycles. The first-order valence-corrected chi connectivity index (χ1v) is 9.14. The fourth-order valence-corrected chi connectivity index (χ4v) is 3.43. The van der Waals surface area contributed by atoms with Crippen molar-refractivity contribution in [3.05, 3.63) is 53.1 Å². The van der Waals surface area contributed by atoms with Crippen LogP contribution in [0.4, 0.5) is 0 Å². The molecule has 1 heterocycles. The topological polar surface area (TPSA) is 56.8 Å². The van der Waals surface area contributed by atoms with E-state index in [9.17, 15) is 4.79 Å². The molecule has 0 saturated heterocycles. The van der Waals surface area contributed by atoms with E-state index >= 15 is 0 Å². The van der Waals surface area contributed by atoms with Crippen molar-refractivity contribution in [2.24, 2.45) is 0 Å². The lowest BCUT2D eigenvalue weighted by atomic mass is 9.89. The highest BCUT2D eigenvalue weighted by molar-refractivity contribution is 5.78. The monoisotopic (exact) mass is 369 g/mol. The van der Waals surface area contributed by atoms with E-state index in [2.05, 4.69) is 5.32 Å². The number of ether oxygens (including phenoxy) is 3. The third kappa shape index (κ3) is 4.54. The number of amides is 1. The van der Waals surface area contributed by atoms with Crippen LogP contribution >= 0.6 is 0 Å². The molecule has 27 heavy (non-hydrogen) atoms. The smallest absolute Gasteiger partial charge is 0.258 e. The van der Waals surface area contributed by atoms with Crippen molar-refractivity contribution in [3.8, 4) is 17.2 Å². The van der Waals surface area contributed by atoms with Crippen LogP contribution < -0.4 is 19.5 Å². The first-order valence-electron chi connectivity index (χ1n) is 9.14. The van der Waals surface area contributed by atoms with Crippen LogP contribution in [0, 0.1) is 13.8 Å². The van der Waals surface area contributed by atoms with Gasteiger partial charge in [-0.05, 0) is 51.5 Å². The van der Waals surface area contributed by atoms with Gasteiger partial charge in [-0.1, -0.05) is 17.7 Å². The Morgan fingerprint density at radius 1 is 1.22 bits per heavy atom. The Hall–Kier alpha value is -2.69. The number of benzene rings is 2. The number of fused-ring (bicyclic) bond motifs is 1. The van der Waals surface area contributed by atoms with Crippen LogP contribution in [-0.2, 0) is 4.79 Å². The Kier molecular flexibility index (Phi) is 5.31. The highest BCUT2D eigenvalue weighted by Crippen LogP contribution is 2.41. The van der Waals surface area contributed by atoms with Crippen molar-refractivity contribution < 1.29 is 19.0 Å². The summed E-state index contributed by atoms with van der Waals surface area (Å²) in [6, 6.07) is 11.5. The minimum atomic E-state index is -0.383. The van der Waals surface area contributed by atoms with Crippen LogP contribution in [0.2, 0.25) is 0 Å². The predicted molar refractivity (Wildman–Crippen MR) is 105 cm³/mol. The summed E-state index contributed by atoms with van der Waals surface area (Å²) in [5, 5.41) is 3.08. The van der Waals surface area contributed by atoms with Crippen LogP contribution in [0.5, 0.6) is 17.2 Å². The molecular weight excluding hydrogens is 342 g/mol. The van der Waals surface area contributed by atoms with E-state index in [1.165, 1.54) is 5.56 Å². The van der Waals surface area contributed by atoms with E-state index in [1.807, 2.05) is 64.1 Å². The molecule has 0 bridgehead atoms. The van der Waals surface area contributed by atoms with E-state index in [0.717, 1.165) is 28.4 Å². The highest BCUT2D eigenvalue weighted by atomic mass is 16.5. The molecule has 1 N–H and O–H groups in total. The average molecular weight is 369 g/mol. The van der Waals surface area contributed by atoms with Gasteiger partial charge >= 0.3 is 0 Å². The van der Waals surface area contributed by atoms with Gasteiger partial charge in [-0.15, -0.1) is 0 Å². The van der Waals surface area contributed by atoms with Crippen LogP contribution in [0.25, 0.3) is 0 Å². The van der Waals surface area contributed by atoms with Crippen LogP contribution in [-0.4, -0.2) is 25.2 Å². The molecule has 144 valence electrons. The van der Waals surface area contributed by atoms with Gasteiger partial charge < -0.3 is 19.5 Å². The first kappa shape index (κ1) is 19.1. The lowest BCUT2D eigenvalue weighted by Gasteiger charge is -2.38. The fraction of sp³-hybridized carbons (Fsp3) is 0.409. The van der Waals surface area contributed by atoms with E-state index in [-0.39, 0.29) is 24.2 Å². The number of carbonyl (C=O) groups is 1. The molecule has 0 unspecified atom stereocenters. The predicted octanol–water partition coefficient (Wildman–Crippen LogP) is 4.11. The van der Waals surface area contributed by atoms with Gasteiger partial charge in [0.1, 0.15) is 22.8 Å². The lowest BCUT2D eigenvalue weighted by molar-refractivity contribution is -0.124. The molecule has 0 radical (unpaired) electrons. The SMILES string of the molecule is COc1ccc2c(c1)OC(C)(C)C[C@@H]2NC(=O)COc1ccc(C)cc1C. The van der Waals surface area contributed by atoms with E-state index in [4.69, 9.17) is 14.2 Å². The second-order valence-corrected chi connectivity index (χ2v) is 7.65. The minimum Gasteiger partial charge on any atom is -0.497 e. The van der Waals surface area contributed by atoms with Gasteiger partial charge in [0.05, 0.1) is 13.2 Å². The number of aryl methyl sites for hydroxylation is 2. The zero-order valence-electron chi connectivity index (χ0n) is 16.6. The van der Waals surface area contributed by atoms with Crippen molar-refractivity contribution in [2.75, 3.05) is 13.7 Å². The Balaban J connectivity index is 1.70. The molecule has 1 aliphatic rings. The Labute approximate surface area is 160 Å². The summed E-state index contributed by atoms with van der Waals surface area (Å²) in [4.78, 5) is 12.5. The highest BCUT2D eigenvalue weighted by Gasteiger charge is 2.34.